The number of aromatic nitrogens is 1. The summed E-state index contributed by atoms with van der Waals surface area (Å²) in [6, 6.07) is 4.46. The van der Waals surface area contributed by atoms with E-state index in [1.54, 1.807) is 22.7 Å². The van der Waals surface area contributed by atoms with Gasteiger partial charge in [0.15, 0.2) is 0 Å². The highest BCUT2D eigenvalue weighted by molar-refractivity contribution is 7.10. The number of hydrogen-bond acceptors (Lipinski definition) is 5. The number of carbonyl (C=O) groups is 1. The van der Waals surface area contributed by atoms with Crippen LogP contribution in [0.1, 0.15) is 48.3 Å². The second-order valence-corrected chi connectivity index (χ2v) is 8.37. The smallest absolute Gasteiger partial charge is 0.237 e. The van der Waals surface area contributed by atoms with Crippen LogP contribution < -0.4 is 5.32 Å². The van der Waals surface area contributed by atoms with Gasteiger partial charge in [0.05, 0.1) is 18.1 Å². The third-order valence-corrected chi connectivity index (χ3v) is 6.54. The standard InChI is InChI=1S/C17H23N3OS2/c1-12-11-23-16(19-12)17(2,3)18-10-15(21)20-8-4-6-13(20)14-7-5-9-22-14/h5,7,9,11,13,18H,4,6,8,10H2,1-3H3/t13-/m0/s1. The molecule has 1 N–H and O–H groups in total. The van der Waals surface area contributed by atoms with E-state index >= 15 is 0 Å². The maximum Gasteiger partial charge on any atom is 0.237 e. The number of carbonyl (C=O) groups excluding carboxylic acids is 1. The maximum absolute atomic E-state index is 12.7. The van der Waals surface area contributed by atoms with Crippen LogP contribution in [0.25, 0.3) is 0 Å². The molecule has 1 aliphatic rings. The average Bonchev–Trinajstić information content (AvgIpc) is 3.24. The normalized spacial score (nSPS) is 18.6. The van der Waals surface area contributed by atoms with Crippen LogP contribution >= 0.6 is 22.7 Å². The summed E-state index contributed by atoms with van der Waals surface area (Å²) in [5, 5.41) is 8.55. The van der Waals surface area contributed by atoms with Crippen molar-refractivity contribution in [3.05, 3.63) is 38.5 Å². The largest absolute Gasteiger partial charge is 0.334 e. The molecule has 4 nitrogen and oxygen atoms in total. The molecule has 0 radical (unpaired) electrons. The fourth-order valence-corrected chi connectivity index (χ4v) is 4.73. The minimum atomic E-state index is -0.285. The molecule has 1 amide bonds. The van der Waals surface area contributed by atoms with Gasteiger partial charge in [-0.15, -0.1) is 22.7 Å². The van der Waals surface area contributed by atoms with Gasteiger partial charge >= 0.3 is 0 Å². The number of thiophene rings is 1. The van der Waals surface area contributed by atoms with Crippen LogP contribution in [0.4, 0.5) is 0 Å². The summed E-state index contributed by atoms with van der Waals surface area (Å²) in [6.45, 7) is 7.38. The van der Waals surface area contributed by atoms with Gasteiger partial charge in [0, 0.05) is 22.5 Å². The van der Waals surface area contributed by atoms with Crippen molar-refractivity contribution in [2.24, 2.45) is 0 Å². The molecule has 0 aromatic carbocycles. The molecule has 0 bridgehead atoms. The molecule has 1 atom stereocenters. The van der Waals surface area contributed by atoms with Crippen molar-refractivity contribution < 1.29 is 4.79 Å². The second-order valence-electron chi connectivity index (χ2n) is 6.53. The second kappa shape index (κ2) is 6.71. The lowest BCUT2D eigenvalue weighted by atomic mass is 10.1. The molecule has 124 valence electrons. The molecule has 0 saturated carbocycles. The van der Waals surface area contributed by atoms with Crippen molar-refractivity contribution in [2.75, 3.05) is 13.1 Å². The predicted octanol–water partition coefficient (Wildman–Crippen LogP) is 3.70. The molecule has 1 aliphatic heterocycles. The van der Waals surface area contributed by atoms with E-state index in [0.717, 1.165) is 30.1 Å². The van der Waals surface area contributed by atoms with Crippen molar-refractivity contribution in [2.45, 2.75) is 45.2 Å². The molecule has 1 saturated heterocycles. The fraction of sp³-hybridized carbons (Fsp3) is 0.529. The zero-order chi connectivity index (χ0) is 16.4. The number of rotatable bonds is 5. The van der Waals surface area contributed by atoms with Crippen molar-refractivity contribution in [1.29, 1.82) is 0 Å². The first-order valence-electron chi connectivity index (χ1n) is 7.98. The summed E-state index contributed by atoms with van der Waals surface area (Å²) in [5.74, 6) is 0.183. The molecule has 3 heterocycles. The number of likely N-dealkylation sites (tertiary alicyclic amines) is 1. The monoisotopic (exact) mass is 349 g/mol. The fourth-order valence-electron chi connectivity index (χ4n) is 2.96. The minimum Gasteiger partial charge on any atom is -0.334 e. The summed E-state index contributed by atoms with van der Waals surface area (Å²) in [4.78, 5) is 20.6. The van der Waals surface area contributed by atoms with E-state index in [0.29, 0.717) is 6.54 Å². The van der Waals surface area contributed by atoms with Crippen LogP contribution in [0.2, 0.25) is 0 Å². The van der Waals surface area contributed by atoms with Gasteiger partial charge in [0.25, 0.3) is 0 Å². The molecule has 6 heteroatoms. The molecule has 23 heavy (non-hydrogen) atoms. The third-order valence-electron chi connectivity index (χ3n) is 4.28. The van der Waals surface area contributed by atoms with Crippen molar-refractivity contribution in [3.63, 3.8) is 0 Å². The Morgan fingerprint density at radius 2 is 2.30 bits per heavy atom. The van der Waals surface area contributed by atoms with Gasteiger partial charge < -0.3 is 4.90 Å². The van der Waals surface area contributed by atoms with Gasteiger partial charge in [-0.05, 0) is 45.1 Å². The van der Waals surface area contributed by atoms with Gasteiger partial charge in [0.2, 0.25) is 5.91 Å². The zero-order valence-corrected chi connectivity index (χ0v) is 15.5. The van der Waals surface area contributed by atoms with Gasteiger partial charge in [-0.2, -0.15) is 0 Å². The topological polar surface area (TPSA) is 45.2 Å². The number of nitrogens with one attached hydrogen (secondary N) is 1. The Labute approximate surface area is 145 Å². The Kier molecular flexibility index (Phi) is 4.85. The van der Waals surface area contributed by atoms with Crippen molar-refractivity contribution in [1.82, 2.24) is 15.2 Å². The van der Waals surface area contributed by atoms with Gasteiger partial charge in [-0.3, -0.25) is 10.1 Å². The van der Waals surface area contributed by atoms with Gasteiger partial charge in [-0.25, -0.2) is 4.98 Å². The molecule has 0 spiro atoms. The summed E-state index contributed by atoms with van der Waals surface area (Å²) < 4.78 is 0. The van der Waals surface area contributed by atoms with E-state index in [1.807, 2.05) is 17.2 Å². The Hall–Kier alpha value is -1.24. The number of nitrogens with zero attached hydrogens (tertiary/aromatic N) is 2. The summed E-state index contributed by atoms with van der Waals surface area (Å²) >= 11 is 3.38. The lowest BCUT2D eigenvalue weighted by Gasteiger charge is -2.28. The Bertz CT molecular complexity index is 663. The molecule has 3 rings (SSSR count). The molecule has 1 fully saturated rings. The number of aryl methyl sites for hydroxylation is 1. The number of hydrogen-bond donors (Lipinski definition) is 1. The van der Waals surface area contributed by atoms with Crippen molar-refractivity contribution >= 4 is 28.6 Å². The minimum absolute atomic E-state index is 0.183. The number of amides is 1. The first-order valence-corrected chi connectivity index (χ1v) is 9.74. The van der Waals surface area contributed by atoms with Gasteiger partial charge in [0.1, 0.15) is 5.01 Å². The van der Waals surface area contributed by atoms with Gasteiger partial charge in [-0.1, -0.05) is 6.07 Å². The molecular formula is C17H23N3OS2. The lowest BCUT2D eigenvalue weighted by Crippen LogP contribution is -2.44. The van der Waals surface area contributed by atoms with E-state index in [1.165, 1.54) is 4.88 Å². The van der Waals surface area contributed by atoms with Crippen LogP contribution in [0.15, 0.2) is 22.9 Å². The van der Waals surface area contributed by atoms with Crippen LogP contribution in [-0.2, 0) is 10.3 Å². The number of thiazole rings is 1. The van der Waals surface area contributed by atoms with E-state index in [2.05, 4.69) is 41.7 Å². The highest BCUT2D eigenvalue weighted by atomic mass is 32.1. The van der Waals surface area contributed by atoms with Crippen molar-refractivity contribution in [3.8, 4) is 0 Å². The lowest BCUT2D eigenvalue weighted by molar-refractivity contribution is -0.131. The van der Waals surface area contributed by atoms with Crippen LogP contribution in [0, 0.1) is 6.92 Å². The molecule has 2 aromatic heterocycles. The highest BCUT2D eigenvalue weighted by Gasteiger charge is 2.32. The highest BCUT2D eigenvalue weighted by Crippen LogP contribution is 2.34. The predicted molar refractivity (Wildman–Crippen MR) is 95.9 cm³/mol. The molecule has 0 unspecified atom stereocenters. The van der Waals surface area contributed by atoms with E-state index in [-0.39, 0.29) is 17.5 Å². The van der Waals surface area contributed by atoms with E-state index in [4.69, 9.17) is 0 Å². The molecular weight excluding hydrogens is 326 g/mol. The quantitative estimate of drug-likeness (QED) is 0.895. The first kappa shape index (κ1) is 16.6. The van der Waals surface area contributed by atoms with Crippen LogP contribution in [-0.4, -0.2) is 28.9 Å². The Morgan fingerprint density at radius 1 is 1.48 bits per heavy atom. The van der Waals surface area contributed by atoms with Crippen LogP contribution in [0.3, 0.4) is 0 Å². The van der Waals surface area contributed by atoms with E-state index < -0.39 is 0 Å². The molecule has 0 aliphatic carbocycles. The SMILES string of the molecule is Cc1csc(C(C)(C)NCC(=O)N2CCC[C@H]2c2cccs2)n1. The first-order chi connectivity index (χ1) is 11.0. The summed E-state index contributed by atoms with van der Waals surface area (Å²) in [5.41, 5.74) is 0.746. The zero-order valence-electron chi connectivity index (χ0n) is 13.8. The summed E-state index contributed by atoms with van der Waals surface area (Å²) in [7, 11) is 0. The maximum atomic E-state index is 12.7. The Morgan fingerprint density at radius 3 is 2.96 bits per heavy atom. The molecule has 2 aromatic rings. The van der Waals surface area contributed by atoms with Crippen LogP contribution in [0.5, 0.6) is 0 Å². The summed E-state index contributed by atoms with van der Waals surface area (Å²) in [6.07, 6.45) is 2.16. The van der Waals surface area contributed by atoms with E-state index in [9.17, 15) is 4.79 Å². The Balaban J connectivity index is 1.63. The third kappa shape index (κ3) is 3.65. The average molecular weight is 350 g/mol.